The van der Waals surface area contributed by atoms with Crippen molar-refractivity contribution in [3.63, 3.8) is 0 Å². The zero-order valence-electron chi connectivity index (χ0n) is 13.1. The molecule has 2 saturated heterocycles. The van der Waals surface area contributed by atoms with Crippen LogP contribution in [-0.2, 0) is 0 Å². The average Bonchev–Trinajstić information content (AvgIpc) is 3.12. The largest absolute Gasteiger partial charge is 0.351 e. The Morgan fingerprint density at radius 2 is 2.17 bits per heavy atom. The van der Waals surface area contributed by atoms with Crippen LogP contribution in [-0.4, -0.2) is 49.8 Å². The van der Waals surface area contributed by atoms with E-state index >= 15 is 0 Å². The first-order chi connectivity index (χ1) is 11.3. The predicted molar refractivity (Wildman–Crippen MR) is 87.5 cm³/mol. The second kappa shape index (κ2) is 4.79. The molecule has 0 spiro atoms. The summed E-state index contributed by atoms with van der Waals surface area (Å²) in [5, 5.41) is 7.78. The maximum atomic E-state index is 4.91. The molecule has 0 bridgehead atoms. The number of aromatic nitrogens is 5. The van der Waals surface area contributed by atoms with Crippen LogP contribution in [0.2, 0.25) is 0 Å². The van der Waals surface area contributed by atoms with E-state index in [2.05, 4.69) is 37.8 Å². The number of nitrogens with zero attached hydrogens (tertiary/aromatic N) is 6. The first-order valence-electron chi connectivity index (χ1n) is 8.15. The third-order valence-corrected chi connectivity index (χ3v) is 4.98. The van der Waals surface area contributed by atoms with Gasteiger partial charge in [-0.15, -0.1) is 0 Å². The number of anilines is 1. The number of hydrogen-bond acceptors (Lipinski definition) is 5. The normalized spacial score (nSPS) is 21.4. The van der Waals surface area contributed by atoms with Gasteiger partial charge in [0.2, 0.25) is 0 Å². The van der Waals surface area contributed by atoms with Crippen molar-refractivity contribution in [3.8, 4) is 11.3 Å². The third kappa shape index (κ3) is 1.96. The minimum absolute atomic E-state index is 0.468. The van der Waals surface area contributed by atoms with Crippen molar-refractivity contribution in [2.45, 2.75) is 25.4 Å². The quantitative estimate of drug-likeness (QED) is 0.791. The van der Waals surface area contributed by atoms with E-state index in [4.69, 9.17) is 4.98 Å². The number of rotatable bonds is 3. The number of nitrogens with one attached hydrogen (secondary N) is 1. The summed E-state index contributed by atoms with van der Waals surface area (Å²) < 4.78 is 4.10. The van der Waals surface area contributed by atoms with E-state index < -0.39 is 0 Å². The molecule has 5 heterocycles. The van der Waals surface area contributed by atoms with Gasteiger partial charge in [-0.1, -0.05) is 0 Å². The molecular formula is C16H19N7. The Morgan fingerprint density at radius 1 is 1.26 bits per heavy atom. The number of fused-ring (bicyclic) bond motifs is 1. The Labute approximate surface area is 134 Å². The Hall–Kier alpha value is -2.41. The molecule has 0 unspecified atom stereocenters. The van der Waals surface area contributed by atoms with Gasteiger partial charge in [-0.2, -0.15) is 5.10 Å². The molecule has 0 aromatic carbocycles. The van der Waals surface area contributed by atoms with Crippen molar-refractivity contribution in [3.05, 3.63) is 31.0 Å². The highest BCUT2D eigenvalue weighted by Gasteiger charge is 2.28. The summed E-state index contributed by atoms with van der Waals surface area (Å²) in [5.41, 5.74) is 2.93. The van der Waals surface area contributed by atoms with Crippen molar-refractivity contribution in [2.75, 3.05) is 24.5 Å². The fraction of sp³-hybridized carbons (Fsp3) is 0.438. The predicted octanol–water partition coefficient (Wildman–Crippen LogP) is 1.34. The van der Waals surface area contributed by atoms with Gasteiger partial charge in [0.1, 0.15) is 0 Å². The molecule has 3 aromatic rings. The summed E-state index contributed by atoms with van der Waals surface area (Å²) >= 11 is 0. The SMILES string of the molecule is C[C@H]1CCN1c1nc(-c2cnn(C3CNC3)c2)cn2ccnc12. The van der Waals surface area contributed by atoms with Gasteiger partial charge in [0.25, 0.3) is 0 Å². The first kappa shape index (κ1) is 13.1. The highest BCUT2D eigenvalue weighted by molar-refractivity contribution is 5.70. The molecule has 0 saturated carbocycles. The van der Waals surface area contributed by atoms with Crippen LogP contribution in [0.15, 0.2) is 31.0 Å². The molecule has 1 atom stereocenters. The molecule has 5 rings (SSSR count). The van der Waals surface area contributed by atoms with E-state index in [0.717, 1.165) is 42.4 Å². The summed E-state index contributed by atoms with van der Waals surface area (Å²) in [6, 6.07) is 0.998. The van der Waals surface area contributed by atoms with Crippen LogP contribution in [0.25, 0.3) is 16.9 Å². The lowest BCUT2D eigenvalue weighted by Crippen LogP contribution is -2.46. The van der Waals surface area contributed by atoms with Crippen molar-refractivity contribution in [1.29, 1.82) is 0 Å². The van der Waals surface area contributed by atoms with E-state index in [9.17, 15) is 0 Å². The molecule has 2 aliphatic heterocycles. The van der Waals surface area contributed by atoms with E-state index in [1.165, 1.54) is 6.42 Å². The maximum Gasteiger partial charge on any atom is 0.180 e. The molecule has 7 nitrogen and oxygen atoms in total. The van der Waals surface area contributed by atoms with Gasteiger partial charge in [0.05, 0.1) is 17.9 Å². The van der Waals surface area contributed by atoms with Gasteiger partial charge >= 0.3 is 0 Å². The van der Waals surface area contributed by atoms with E-state index in [1.807, 2.05) is 29.5 Å². The van der Waals surface area contributed by atoms with Crippen LogP contribution in [0.4, 0.5) is 5.82 Å². The number of hydrogen-bond donors (Lipinski definition) is 1. The molecule has 0 aliphatic carbocycles. The molecule has 2 fully saturated rings. The summed E-state index contributed by atoms with van der Waals surface area (Å²) in [7, 11) is 0. The van der Waals surface area contributed by atoms with Gasteiger partial charge in [0, 0.05) is 56.0 Å². The molecule has 1 N–H and O–H groups in total. The molecule has 0 amide bonds. The standard InChI is InChI=1S/C16H19N7/c1-11-2-4-22(11)16-15-18-3-5-21(15)10-14(20-16)12-6-19-23(9-12)13-7-17-8-13/h3,5-6,9-11,13,17H,2,4,7-8H2,1H3/t11-/m0/s1. The van der Waals surface area contributed by atoms with E-state index in [-0.39, 0.29) is 0 Å². The van der Waals surface area contributed by atoms with Crippen molar-refractivity contribution >= 4 is 11.5 Å². The van der Waals surface area contributed by atoms with Gasteiger partial charge in [-0.25, -0.2) is 9.97 Å². The monoisotopic (exact) mass is 309 g/mol. The van der Waals surface area contributed by atoms with Crippen LogP contribution in [0.1, 0.15) is 19.4 Å². The minimum Gasteiger partial charge on any atom is -0.351 e. The zero-order valence-corrected chi connectivity index (χ0v) is 13.1. The summed E-state index contributed by atoms with van der Waals surface area (Å²) in [4.78, 5) is 11.7. The van der Waals surface area contributed by atoms with E-state index in [0.29, 0.717) is 12.1 Å². The van der Waals surface area contributed by atoms with Gasteiger partial charge in [0.15, 0.2) is 11.5 Å². The minimum atomic E-state index is 0.468. The van der Waals surface area contributed by atoms with Gasteiger partial charge in [-0.3, -0.25) is 4.68 Å². The fourth-order valence-electron chi connectivity index (χ4n) is 3.21. The Balaban J connectivity index is 1.59. The van der Waals surface area contributed by atoms with Crippen LogP contribution in [0, 0.1) is 0 Å². The average molecular weight is 309 g/mol. The lowest BCUT2D eigenvalue weighted by atomic mass is 10.1. The highest BCUT2D eigenvalue weighted by Crippen LogP contribution is 2.30. The first-order valence-corrected chi connectivity index (χ1v) is 8.15. The Bertz CT molecular complexity index is 860. The highest BCUT2D eigenvalue weighted by atomic mass is 15.3. The molecule has 3 aromatic heterocycles. The molecule has 0 radical (unpaired) electrons. The summed E-state index contributed by atoms with van der Waals surface area (Å²) in [5.74, 6) is 0.976. The lowest BCUT2D eigenvalue weighted by Gasteiger charge is -2.39. The van der Waals surface area contributed by atoms with Crippen molar-refractivity contribution in [2.24, 2.45) is 0 Å². The second-order valence-electron chi connectivity index (χ2n) is 6.46. The smallest absolute Gasteiger partial charge is 0.180 e. The molecule has 23 heavy (non-hydrogen) atoms. The topological polar surface area (TPSA) is 63.3 Å². The Kier molecular flexibility index (Phi) is 2.72. The van der Waals surface area contributed by atoms with Crippen LogP contribution in [0.3, 0.4) is 0 Å². The zero-order chi connectivity index (χ0) is 15.4. The molecular weight excluding hydrogens is 290 g/mol. The van der Waals surface area contributed by atoms with Crippen LogP contribution < -0.4 is 10.2 Å². The van der Waals surface area contributed by atoms with Crippen LogP contribution >= 0.6 is 0 Å². The fourth-order valence-corrected chi connectivity index (χ4v) is 3.21. The van der Waals surface area contributed by atoms with Gasteiger partial charge < -0.3 is 14.6 Å². The molecule has 2 aliphatic rings. The second-order valence-corrected chi connectivity index (χ2v) is 6.46. The maximum absolute atomic E-state index is 4.91. The van der Waals surface area contributed by atoms with Crippen molar-refractivity contribution < 1.29 is 0 Å². The Morgan fingerprint density at radius 3 is 2.87 bits per heavy atom. The third-order valence-electron chi connectivity index (χ3n) is 4.98. The molecule has 7 heteroatoms. The van der Waals surface area contributed by atoms with E-state index in [1.54, 1.807) is 0 Å². The molecule has 118 valence electrons. The number of imidazole rings is 1. The van der Waals surface area contributed by atoms with Gasteiger partial charge in [-0.05, 0) is 13.3 Å². The summed E-state index contributed by atoms with van der Waals surface area (Å²) in [6.45, 7) is 5.27. The van der Waals surface area contributed by atoms with Crippen molar-refractivity contribution in [1.82, 2.24) is 29.5 Å². The van der Waals surface area contributed by atoms with Crippen LogP contribution in [0.5, 0.6) is 0 Å². The lowest BCUT2D eigenvalue weighted by molar-refractivity contribution is 0.318. The summed E-state index contributed by atoms with van der Waals surface area (Å²) in [6.07, 6.45) is 11.1.